The second-order valence-corrected chi connectivity index (χ2v) is 7.21. The molecular formula is C21H35N3O3. The van der Waals surface area contributed by atoms with Gasteiger partial charge in [0.05, 0.1) is 7.11 Å². The third-order valence-corrected chi connectivity index (χ3v) is 5.41. The van der Waals surface area contributed by atoms with E-state index < -0.39 is 0 Å². The fourth-order valence-electron chi connectivity index (χ4n) is 3.56. The Labute approximate surface area is 163 Å². The molecule has 27 heavy (non-hydrogen) atoms. The van der Waals surface area contributed by atoms with Gasteiger partial charge in [-0.1, -0.05) is 33.6 Å². The van der Waals surface area contributed by atoms with Gasteiger partial charge in [0, 0.05) is 24.3 Å². The van der Waals surface area contributed by atoms with Crippen LogP contribution in [0.1, 0.15) is 46.5 Å². The molecule has 1 aliphatic carbocycles. The Kier molecular flexibility index (Phi) is 8.72. The number of hydrogen-bond donors (Lipinski definition) is 2. The molecule has 1 saturated carbocycles. The van der Waals surface area contributed by atoms with Gasteiger partial charge in [0.2, 0.25) is 0 Å². The minimum atomic E-state index is -0.159. The molecule has 0 saturated heterocycles. The van der Waals surface area contributed by atoms with Gasteiger partial charge in [-0.05, 0) is 44.0 Å². The third kappa shape index (κ3) is 6.61. The summed E-state index contributed by atoms with van der Waals surface area (Å²) in [6.07, 6.45) is 4.67. The van der Waals surface area contributed by atoms with Gasteiger partial charge in [-0.15, -0.1) is 0 Å². The highest BCUT2D eigenvalue weighted by atomic mass is 16.5. The van der Waals surface area contributed by atoms with Crippen molar-refractivity contribution in [3.63, 3.8) is 0 Å². The average molecular weight is 378 g/mol. The topological polar surface area (TPSA) is 62.8 Å². The fourth-order valence-corrected chi connectivity index (χ4v) is 3.56. The number of amides is 2. The minimum Gasteiger partial charge on any atom is -0.493 e. The smallest absolute Gasteiger partial charge is 0.319 e. The molecule has 1 fully saturated rings. The number of nitrogens with zero attached hydrogens (tertiary/aromatic N) is 1. The summed E-state index contributed by atoms with van der Waals surface area (Å²) >= 11 is 0. The van der Waals surface area contributed by atoms with Gasteiger partial charge >= 0.3 is 6.03 Å². The van der Waals surface area contributed by atoms with Crippen LogP contribution in [0.5, 0.6) is 11.5 Å². The number of hydrogen-bond acceptors (Lipinski definition) is 4. The zero-order valence-electron chi connectivity index (χ0n) is 17.2. The van der Waals surface area contributed by atoms with E-state index in [1.165, 1.54) is 19.3 Å². The van der Waals surface area contributed by atoms with Crippen LogP contribution in [0, 0.1) is 5.92 Å². The molecule has 2 atom stereocenters. The minimum absolute atomic E-state index is 0.159. The molecule has 0 aliphatic heterocycles. The first-order valence-electron chi connectivity index (χ1n) is 10.2. The van der Waals surface area contributed by atoms with E-state index in [0.29, 0.717) is 29.7 Å². The molecule has 2 unspecified atom stereocenters. The molecule has 2 N–H and O–H groups in total. The lowest BCUT2D eigenvalue weighted by Crippen LogP contribution is -2.43. The van der Waals surface area contributed by atoms with Crippen LogP contribution in [0.3, 0.4) is 0 Å². The first kappa shape index (κ1) is 21.4. The number of methoxy groups -OCH3 is 1. The molecule has 0 spiro atoms. The first-order valence-corrected chi connectivity index (χ1v) is 10.2. The molecule has 1 aromatic rings. The summed E-state index contributed by atoms with van der Waals surface area (Å²) in [6, 6.07) is 5.58. The summed E-state index contributed by atoms with van der Waals surface area (Å²) < 4.78 is 11.3. The van der Waals surface area contributed by atoms with Crippen LogP contribution in [-0.2, 0) is 0 Å². The monoisotopic (exact) mass is 377 g/mol. The van der Waals surface area contributed by atoms with E-state index in [0.717, 1.165) is 26.1 Å². The van der Waals surface area contributed by atoms with Crippen LogP contribution in [0.25, 0.3) is 0 Å². The maximum absolute atomic E-state index is 12.4. The summed E-state index contributed by atoms with van der Waals surface area (Å²) in [6.45, 7) is 9.91. The number of ether oxygens (including phenoxy) is 2. The van der Waals surface area contributed by atoms with Crippen LogP contribution >= 0.6 is 0 Å². The first-order chi connectivity index (χ1) is 13.1. The van der Waals surface area contributed by atoms with E-state index in [1.807, 2.05) is 18.2 Å². The van der Waals surface area contributed by atoms with Gasteiger partial charge in [0.15, 0.2) is 11.5 Å². The van der Waals surface area contributed by atoms with E-state index in [4.69, 9.17) is 9.47 Å². The van der Waals surface area contributed by atoms with Gasteiger partial charge in [0.25, 0.3) is 0 Å². The number of likely N-dealkylation sites (N-methyl/N-ethyl adjacent to an activating group) is 1. The normalized spacial score (nSPS) is 19.6. The summed E-state index contributed by atoms with van der Waals surface area (Å²) in [7, 11) is 1.62. The molecule has 0 heterocycles. The Bertz CT molecular complexity index is 590. The van der Waals surface area contributed by atoms with Crippen molar-refractivity contribution in [1.29, 1.82) is 0 Å². The maximum atomic E-state index is 12.4. The van der Waals surface area contributed by atoms with Crippen LogP contribution in [-0.4, -0.2) is 50.3 Å². The van der Waals surface area contributed by atoms with E-state index in [-0.39, 0.29) is 12.1 Å². The van der Waals surface area contributed by atoms with Crippen LogP contribution in [0.2, 0.25) is 0 Å². The number of carbonyl (C=O) groups excluding carboxylic acids is 1. The van der Waals surface area contributed by atoms with Crippen molar-refractivity contribution in [2.24, 2.45) is 5.92 Å². The zero-order chi connectivity index (χ0) is 19.6. The van der Waals surface area contributed by atoms with E-state index in [1.54, 1.807) is 7.11 Å². The predicted molar refractivity (Wildman–Crippen MR) is 110 cm³/mol. The van der Waals surface area contributed by atoms with E-state index in [9.17, 15) is 4.79 Å². The molecule has 1 aliphatic rings. The van der Waals surface area contributed by atoms with Gasteiger partial charge < -0.3 is 25.0 Å². The highest BCUT2D eigenvalue weighted by molar-refractivity contribution is 5.89. The predicted octanol–water partition coefficient (Wildman–Crippen LogP) is 4.12. The van der Waals surface area contributed by atoms with Crippen molar-refractivity contribution in [2.75, 3.05) is 38.7 Å². The number of benzene rings is 1. The highest BCUT2D eigenvalue weighted by Gasteiger charge is 2.22. The van der Waals surface area contributed by atoms with Gasteiger partial charge in [0.1, 0.15) is 6.61 Å². The molecule has 6 nitrogen and oxygen atoms in total. The molecule has 0 bridgehead atoms. The van der Waals surface area contributed by atoms with Gasteiger partial charge in [-0.2, -0.15) is 0 Å². The molecular weight excluding hydrogens is 342 g/mol. The standard InChI is InChI=1S/C21H35N3O3/c1-5-24(6-2)13-14-27-20-15-17(11-12-19(20)26-4)22-21(25)23-18-10-8-7-9-16(18)3/h11-12,15-16,18H,5-10,13-14H2,1-4H3,(H2,22,23,25). The largest absolute Gasteiger partial charge is 0.493 e. The summed E-state index contributed by atoms with van der Waals surface area (Å²) in [5.41, 5.74) is 0.703. The zero-order valence-corrected chi connectivity index (χ0v) is 17.2. The quantitative estimate of drug-likeness (QED) is 0.680. The summed E-state index contributed by atoms with van der Waals surface area (Å²) in [5, 5.41) is 6.04. The number of nitrogens with one attached hydrogen (secondary N) is 2. The molecule has 1 aromatic carbocycles. The van der Waals surface area contributed by atoms with Crippen molar-refractivity contribution in [1.82, 2.24) is 10.2 Å². The van der Waals surface area contributed by atoms with Crippen molar-refractivity contribution >= 4 is 11.7 Å². The summed E-state index contributed by atoms with van der Waals surface area (Å²) in [5.74, 6) is 1.84. The molecule has 2 rings (SSSR count). The van der Waals surface area contributed by atoms with Gasteiger partial charge in [-0.3, -0.25) is 0 Å². The average Bonchev–Trinajstić information content (AvgIpc) is 2.67. The SMILES string of the molecule is CCN(CC)CCOc1cc(NC(=O)NC2CCCCC2C)ccc1OC. The molecule has 6 heteroatoms. The Morgan fingerprint density at radius 3 is 2.59 bits per heavy atom. The fraction of sp³-hybridized carbons (Fsp3) is 0.667. The van der Waals surface area contributed by atoms with Crippen LogP contribution in [0.4, 0.5) is 10.5 Å². The highest BCUT2D eigenvalue weighted by Crippen LogP contribution is 2.30. The second-order valence-electron chi connectivity index (χ2n) is 7.21. The second kappa shape index (κ2) is 11.0. The van der Waals surface area contributed by atoms with Crippen LogP contribution in [0.15, 0.2) is 18.2 Å². The Hall–Kier alpha value is -1.95. The van der Waals surface area contributed by atoms with Crippen molar-refractivity contribution in [3.8, 4) is 11.5 Å². The number of urea groups is 1. The number of anilines is 1. The Balaban J connectivity index is 1.93. The van der Waals surface area contributed by atoms with Crippen LogP contribution < -0.4 is 20.1 Å². The van der Waals surface area contributed by atoms with Crippen molar-refractivity contribution in [2.45, 2.75) is 52.5 Å². The lowest BCUT2D eigenvalue weighted by molar-refractivity contribution is 0.217. The molecule has 2 amide bonds. The Morgan fingerprint density at radius 2 is 1.93 bits per heavy atom. The Morgan fingerprint density at radius 1 is 1.19 bits per heavy atom. The lowest BCUT2D eigenvalue weighted by atomic mass is 9.86. The molecule has 0 aromatic heterocycles. The number of rotatable bonds is 9. The third-order valence-electron chi connectivity index (χ3n) is 5.41. The molecule has 0 radical (unpaired) electrons. The molecule has 152 valence electrons. The summed E-state index contributed by atoms with van der Waals surface area (Å²) in [4.78, 5) is 14.7. The van der Waals surface area contributed by atoms with E-state index in [2.05, 4.69) is 36.3 Å². The van der Waals surface area contributed by atoms with Crippen molar-refractivity contribution in [3.05, 3.63) is 18.2 Å². The van der Waals surface area contributed by atoms with Gasteiger partial charge in [-0.25, -0.2) is 4.79 Å². The van der Waals surface area contributed by atoms with Crippen molar-refractivity contribution < 1.29 is 14.3 Å². The number of carbonyl (C=O) groups is 1. The van der Waals surface area contributed by atoms with E-state index >= 15 is 0 Å². The lowest BCUT2D eigenvalue weighted by Gasteiger charge is -2.29. The maximum Gasteiger partial charge on any atom is 0.319 e.